The molecule has 26 heavy (non-hydrogen) atoms. The molecule has 0 aliphatic carbocycles. The summed E-state index contributed by atoms with van der Waals surface area (Å²) in [6.07, 6.45) is 0. The van der Waals surface area contributed by atoms with Crippen molar-refractivity contribution < 1.29 is 14.3 Å². The van der Waals surface area contributed by atoms with Crippen LogP contribution in [-0.2, 0) is 0 Å². The molecule has 0 bridgehead atoms. The first-order valence-electron chi connectivity index (χ1n) is 8.22. The molecule has 0 aliphatic rings. The van der Waals surface area contributed by atoms with Crippen LogP contribution in [0.25, 0.3) is 11.3 Å². The van der Waals surface area contributed by atoms with Gasteiger partial charge in [-0.2, -0.15) is 0 Å². The highest BCUT2D eigenvalue weighted by atomic mass is 16.5. The van der Waals surface area contributed by atoms with Gasteiger partial charge in [-0.05, 0) is 49.4 Å². The van der Waals surface area contributed by atoms with E-state index in [1.807, 2.05) is 37.3 Å². The maximum Gasteiger partial charge on any atom is 0.255 e. The number of hydrogen-bond donors (Lipinski definition) is 1. The van der Waals surface area contributed by atoms with Gasteiger partial charge in [0.05, 0.1) is 19.4 Å². The van der Waals surface area contributed by atoms with E-state index in [0.717, 1.165) is 11.3 Å². The zero-order chi connectivity index (χ0) is 18.4. The second-order valence-electron chi connectivity index (χ2n) is 5.45. The van der Waals surface area contributed by atoms with E-state index in [1.54, 1.807) is 37.4 Å². The van der Waals surface area contributed by atoms with Gasteiger partial charge in [0.2, 0.25) is 5.88 Å². The molecule has 6 nitrogen and oxygen atoms in total. The molecule has 2 aromatic carbocycles. The van der Waals surface area contributed by atoms with Crippen LogP contribution in [0.3, 0.4) is 0 Å². The van der Waals surface area contributed by atoms with Gasteiger partial charge in [0.15, 0.2) is 0 Å². The standard InChI is InChI=1S/C20H19N3O3/c1-3-26-17-9-7-14(8-10-17)20(24)21-16-6-4-5-15(13-16)18-11-12-19(25-2)23-22-18/h4-13H,3H2,1-2H3,(H,21,24). The average Bonchev–Trinajstić information content (AvgIpc) is 2.69. The number of nitrogens with one attached hydrogen (secondary N) is 1. The van der Waals surface area contributed by atoms with E-state index in [-0.39, 0.29) is 5.91 Å². The second kappa shape index (κ2) is 8.11. The number of benzene rings is 2. The van der Waals surface area contributed by atoms with Crippen molar-refractivity contribution in [3.8, 4) is 22.9 Å². The lowest BCUT2D eigenvalue weighted by molar-refractivity contribution is 0.102. The molecular formula is C20H19N3O3. The average molecular weight is 349 g/mol. The number of hydrogen-bond acceptors (Lipinski definition) is 5. The summed E-state index contributed by atoms with van der Waals surface area (Å²) in [6, 6.07) is 18.0. The van der Waals surface area contributed by atoms with Crippen molar-refractivity contribution in [2.75, 3.05) is 19.0 Å². The normalized spacial score (nSPS) is 10.2. The van der Waals surface area contributed by atoms with E-state index in [2.05, 4.69) is 15.5 Å². The van der Waals surface area contributed by atoms with Crippen LogP contribution in [0.4, 0.5) is 5.69 Å². The Labute approximate surface area is 151 Å². The monoisotopic (exact) mass is 349 g/mol. The second-order valence-corrected chi connectivity index (χ2v) is 5.45. The Morgan fingerprint density at radius 3 is 2.50 bits per heavy atom. The molecule has 0 unspecified atom stereocenters. The van der Waals surface area contributed by atoms with Gasteiger partial charge >= 0.3 is 0 Å². The first kappa shape index (κ1) is 17.4. The third-order valence-electron chi connectivity index (χ3n) is 3.69. The number of aromatic nitrogens is 2. The van der Waals surface area contributed by atoms with Crippen LogP contribution in [0.2, 0.25) is 0 Å². The Kier molecular flexibility index (Phi) is 5.43. The fraction of sp³-hybridized carbons (Fsp3) is 0.150. The van der Waals surface area contributed by atoms with E-state index in [1.165, 1.54) is 0 Å². The number of carbonyl (C=O) groups excluding carboxylic acids is 1. The minimum atomic E-state index is -0.189. The van der Waals surface area contributed by atoms with Crippen molar-refractivity contribution >= 4 is 11.6 Å². The quantitative estimate of drug-likeness (QED) is 0.733. The molecule has 0 fully saturated rings. The summed E-state index contributed by atoms with van der Waals surface area (Å²) in [7, 11) is 1.54. The third-order valence-corrected chi connectivity index (χ3v) is 3.69. The smallest absolute Gasteiger partial charge is 0.255 e. The predicted octanol–water partition coefficient (Wildman–Crippen LogP) is 3.80. The zero-order valence-corrected chi connectivity index (χ0v) is 14.6. The molecular weight excluding hydrogens is 330 g/mol. The Balaban J connectivity index is 1.74. The largest absolute Gasteiger partial charge is 0.494 e. The van der Waals surface area contributed by atoms with Gasteiger partial charge in [0.1, 0.15) is 5.75 Å². The van der Waals surface area contributed by atoms with Gasteiger partial charge < -0.3 is 14.8 Å². The number of amides is 1. The van der Waals surface area contributed by atoms with Crippen LogP contribution < -0.4 is 14.8 Å². The number of rotatable bonds is 6. The van der Waals surface area contributed by atoms with E-state index in [4.69, 9.17) is 9.47 Å². The molecule has 1 heterocycles. The van der Waals surface area contributed by atoms with Crippen LogP contribution >= 0.6 is 0 Å². The van der Waals surface area contributed by atoms with Crippen LogP contribution in [-0.4, -0.2) is 29.8 Å². The SMILES string of the molecule is CCOc1ccc(C(=O)Nc2cccc(-c3ccc(OC)nn3)c2)cc1. The van der Waals surface area contributed by atoms with Gasteiger partial charge in [-0.15, -0.1) is 10.2 Å². The first-order valence-corrected chi connectivity index (χ1v) is 8.22. The number of methoxy groups -OCH3 is 1. The number of carbonyl (C=O) groups is 1. The molecule has 1 N–H and O–H groups in total. The lowest BCUT2D eigenvalue weighted by atomic mass is 10.1. The minimum absolute atomic E-state index is 0.189. The summed E-state index contributed by atoms with van der Waals surface area (Å²) in [5.74, 6) is 1.00. The number of ether oxygens (including phenoxy) is 2. The van der Waals surface area contributed by atoms with E-state index in [9.17, 15) is 4.79 Å². The Morgan fingerprint density at radius 1 is 1.04 bits per heavy atom. The lowest BCUT2D eigenvalue weighted by Crippen LogP contribution is -2.11. The molecule has 0 radical (unpaired) electrons. The van der Waals surface area contributed by atoms with Gasteiger partial charge in [-0.3, -0.25) is 4.79 Å². The van der Waals surface area contributed by atoms with Crippen molar-refractivity contribution in [3.63, 3.8) is 0 Å². The molecule has 3 aromatic rings. The van der Waals surface area contributed by atoms with Gasteiger partial charge in [0, 0.05) is 22.9 Å². The summed E-state index contributed by atoms with van der Waals surface area (Å²) >= 11 is 0. The summed E-state index contributed by atoms with van der Waals surface area (Å²) in [6.45, 7) is 2.51. The number of nitrogens with zero attached hydrogens (tertiary/aromatic N) is 2. The molecule has 0 atom stereocenters. The van der Waals surface area contributed by atoms with Gasteiger partial charge in [-0.1, -0.05) is 12.1 Å². The fourth-order valence-electron chi connectivity index (χ4n) is 2.41. The van der Waals surface area contributed by atoms with Crippen LogP contribution in [0.15, 0.2) is 60.7 Å². The minimum Gasteiger partial charge on any atom is -0.494 e. The van der Waals surface area contributed by atoms with E-state index in [0.29, 0.717) is 29.4 Å². The highest BCUT2D eigenvalue weighted by Crippen LogP contribution is 2.22. The Hall–Kier alpha value is -3.41. The van der Waals surface area contributed by atoms with Crippen LogP contribution in [0.5, 0.6) is 11.6 Å². The van der Waals surface area contributed by atoms with Crippen LogP contribution in [0.1, 0.15) is 17.3 Å². The molecule has 132 valence electrons. The topological polar surface area (TPSA) is 73.3 Å². The van der Waals surface area contributed by atoms with Crippen molar-refractivity contribution in [1.29, 1.82) is 0 Å². The summed E-state index contributed by atoms with van der Waals surface area (Å²) < 4.78 is 10.4. The van der Waals surface area contributed by atoms with E-state index < -0.39 is 0 Å². The molecule has 1 amide bonds. The molecule has 0 saturated heterocycles. The maximum atomic E-state index is 12.4. The summed E-state index contributed by atoms with van der Waals surface area (Å²) in [5.41, 5.74) is 2.79. The summed E-state index contributed by atoms with van der Waals surface area (Å²) in [5, 5.41) is 11.0. The molecule has 0 spiro atoms. The van der Waals surface area contributed by atoms with Gasteiger partial charge in [0.25, 0.3) is 5.91 Å². The first-order chi connectivity index (χ1) is 12.7. The Morgan fingerprint density at radius 2 is 1.85 bits per heavy atom. The molecule has 0 saturated carbocycles. The summed E-state index contributed by atoms with van der Waals surface area (Å²) in [4.78, 5) is 12.4. The Bertz CT molecular complexity index is 878. The van der Waals surface area contributed by atoms with Crippen molar-refractivity contribution in [2.45, 2.75) is 6.92 Å². The molecule has 1 aromatic heterocycles. The molecule has 6 heteroatoms. The van der Waals surface area contributed by atoms with Gasteiger partial charge in [-0.25, -0.2) is 0 Å². The maximum absolute atomic E-state index is 12.4. The van der Waals surface area contributed by atoms with Crippen LogP contribution in [0, 0.1) is 0 Å². The molecule has 3 rings (SSSR count). The zero-order valence-electron chi connectivity index (χ0n) is 14.6. The predicted molar refractivity (Wildman–Crippen MR) is 99.6 cm³/mol. The highest BCUT2D eigenvalue weighted by Gasteiger charge is 2.08. The highest BCUT2D eigenvalue weighted by molar-refractivity contribution is 6.04. The lowest BCUT2D eigenvalue weighted by Gasteiger charge is -2.08. The van der Waals surface area contributed by atoms with Crippen molar-refractivity contribution in [3.05, 3.63) is 66.2 Å². The molecule has 0 aliphatic heterocycles. The fourth-order valence-corrected chi connectivity index (χ4v) is 2.41. The van der Waals surface area contributed by atoms with Crippen molar-refractivity contribution in [2.24, 2.45) is 0 Å². The number of anilines is 1. The van der Waals surface area contributed by atoms with Crippen molar-refractivity contribution in [1.82, 2.24) is 10.2 Å². The van der Waals surface area contributed by atoms with E-state index >= 15 is 0 Å². The third kappa shape index (κ3) is 4.16.